The van der Waals surface area contributed by atoms with Gasteiger partial charge in [0, 0.05) is 6.54 Å². The molecule has 0 bridgehead atoms. The number of para-hydroxylation sites is 2. The summed E-state index contributed by atoms with van der Waals surface area (Å²) in [6.45, 7) is 5.38. The third kappa shape index (κ3) is 2.40. The molecular weight excluding hydrogens is 252 g/mol. The molecule has 0 saturated carbocycles. The second kappa shape index (κ2) is 5.31. The van der Waals surface area contributed by atoms with Gasteiger partial charge in [-0.3, -0.25) is 0 Å². The number of aromatic nitrogens is 2. The maximum atomic E-state index is 4.53. The van der Waals surface area contributed by atoms with E-state index in [9.17, 15) is 0 Å². The van der Waals surface area contributed by atoms with Gasteiger partial charge < -0.3 is 4.57 Å². The Balaban J connectivity index is 0.00000112. The van der Waals surface area contributed by atoms with E-state index in [1.807, 2.05) is 6.07 Å². The lowest BCUT2D eigenvalue weighted by Crippen LogP contribution is -1.99. The van der Waals surface area contributed by atoms with E-state index < -0.39 is 0 Å². The Morgan fingerprint density at radius 2 is 2.00 bits per heavy atom. The van der Waals surface area contributed by atoms with Crippen molar-refractivity contribution >= 4 is 28.0 Å². The van der Waals surface area contributed by atoms with Crippen LogP contribution in [0, 0.1) is 6.92 Å². The molecule has 15 heavy (non-hydrogen) atoms. The molecule has 0 amide bonds. The molecule has 0 spiro atoms. The van der Waals surface area contributed by atoms with E-state index in [4.69, 9.17) is 0 Å². The molecule has 0 aliphatic heterocycles. The third-order valence-corrected chi connectivity index (χ3v) is 2.58. The molecule has 0 radical (unpaired) electrons. The minimum Gasteiger partial charge on any atom is -0.328 e. The first-order valence-electron chi connectivity index (χ1n) is 5.25. The van der Waals surface area contributed by atoms with Crippen molar-refractivity contribution in [2.45, 2.75) is 33.2 Å². The number of hydrogen-bond acceptors (Lipinski definition) is 1. The molecule has 2 rings (SSSR count). The minimum absolute atomic E-state index is 0. The van der Waals surface area contributed by atoms with Crippen LogP contribution in [0.4, 0.5) is 0 Å². The van der Waals surface area contributed by atoms with Crippen LogP contribution in [0.3, 0.4) is 0 Å². The average molecular weight is 269 g/mol. The van der Waals surface area contributed by atoms with Crippen LogP contribution < -0.4 is 0 Å². The number of imidazole rings is 1. The van der Waals surface area contributed by atoms with Gasteiger partial charge in [-0.05, 0) is 25.5 Å². The van der Waals surface area contributed by atoms with E-state index in [-0.39, 0.29) is 17.0 Å². The van der Waals surface area contributed by atoms with Crippen molar-refractivity contribution in [3.8, 4) is 0 Å². The van der Waals surface area contributed by atoms with Crippen LogP contribution in [0.15, 0.2) is 24.3 Å². The monoisotopic (exact) mass is 268 g/mol. The second-order valence-corrected chi connectivity index (χ2v) is 3.65. The lowest BCUT2D eigenvalue weighted by molar-refractivity contribution is 0.631. The summed E-state index contributed by atoms with van der Waals surface area (Å²) in [4.78, 5) is 4.53. The smallest absolute Gasteiger partial charge is 0.106 e. The van der Waals surface area contributed by atoms with E-state index >= 15 is 0 Å². The van der Waals surface area contributed by atoms with Gasteiger partial charge in [0.05, 0.1) is 11.0 Å². The highest BCUT2D eigenvalue weighted by atomic mass is 79.9. The van der Waals surface area contributed by atoms with Crippen molar-refractivity contribution in [3.05, 3.63) is 30.1 Å². The normalized spacial score (nSPS) is 10.3. The van der Waals surface area contributed by atoms with E-state index in [2.05, 4.69) is 41.6 Å². The summed E-state index contributed by atoms with van der Waals surface area (Å²) in [6, 6.07) is 8.33. The van der Waals surface area contributed by atoms with E-state index in [1.165, 1.54) is 18.4 Å². The van der Waals surface area contributed by atoms with Gasteiger partial charge in [-0.15, -0.1) is 17.0 Å². The van der Waals surface area contributed by atoms with E-state index in [0.717, 1.165) is 17.9 Å². The largest absolute Gasteiger partial charge is 0.328 e. The summed E-state index contributed by atoms with van der Waals surface area (Å²) < 4.78 is 2.30. The van der Waals surface area contributed by atoms with Crippen LogP contribution in [-0.2, 0) is 6.54 Å². The van der Waals surface area contributed by atoms with Crippen molar-refractivity contribution < 1.29 is 0 Å². The Bertz CT molecular complexity index is 434. The quantitative estimate of drug-likeness (QED) is 0.830. The number of benzene rings is 1. The fraction of sp³-hybridized carbons (Fsp3) is 0.417. The van der Waals surface area contributed by atoms with Gasteiger partial charge in [0.25, 0.3) is 0 Å². The minimum atomic E-state index is 0. The molecule has 0 N–H and O–H groups in total. The molecular formula is C12H17BrN2. The Morgan fingerprint density at radius 3 is 2.73 bits per heavy atom. The van der Waals surface area contributed by atoms with Crippen molar-refractivity contribution in [2.24, 2.45) is 0 Å². The first kappa shape index (κ1) is 12.2. The van der Waals surface area contributed by atoms with E-state index in [1.54, 1.807) is 0 Å². The van der Waals surface area contributed by atoms with Crippen molar-refractivity contribution in [2.75, 3.05) is 0 Å². The summed E-state index contributed by atoms with van der Waals surface area (Å²) in [5.41, 5.74) is 2.37. The Morgan fingerprint density at radius 1 is 1.27 bits per heavy atom. The van der Waals surface area contributed by atoms with Crippen LogP contribution in [0.2, 0.25) is 0 Å². The fourth-order valence-electron chi connectivity index (χ4n) is 1.79. The number of rotatable bonds is 3. The first-order chi connectivity index (χ1) is 6.83. The molecule has 0 fully saturated rings. The highest BCUT2D eigenvalue weighted by Crippen LogP contribution is 2.15. The summed E-state index contributed by atoms with van der Waals surface area (Å²) in [7, 11) is 0. The van der Waals surface area contributed by atoms with Crippen molar-refractivity contribution in [1.82, 2.24) is 9.55 Å². The summed E-state index contributed by atoms with van der Waals surface area (Å²) in [5.74, 6) is 1.12. The molecule has 0 aliphatic carbocycles. The second-order valence-electron chi connectivity index (χ2n) is 3.65. The van der Waals surface area contributed by atoms with Gasteiger partial charge in [-0.2, -0.15) is 0 Å². The van der Waals surface area contributed by atoms with Crippen LogP contribution in [-0.4, -0.2) is 9.55 Å². The molecule has 3 heteroatoms. The molecule has 0 aliphatic rings. The molecule has 2 nitrogen and oxygen atoms in total. The van der Waals surface area contributed by atoms with Crippen LogP contribution in [0.25, 0.3) is 11.0 Å². The number of hydrogen-bond donors (Lipinski definition) is 0. The highest BCUT2D eigenvalue weighted by molar-refractivity contribution is 8.93. The molecule has 0 saturated heterocycles. The lowest BCUT2D eigenvalue weighted by atomic mass is 10.3. The fourth-order valence-corrected chi connectivity index (χ4v) is 1.79. The maximum absolute atomic E-state index is 4.53. The first-order valence-corrected chi connectivity index (χ1v) is 5.25. The predicted molar refractivity (Wildman–Crippen MR) is 69.7 cm³/mol. The number of unbranched alkanes of at least 4 members (excludes halogenated alkanes) is 1. The number of aryl methyl sites for hydroxylation is 2. The lowest BCUT2D eigenvalue weighted by Gasteiger charge is -2.04. The standard InChI is InChI=1S/C12H16N2.BrH/c1-3-4-9-14-10(2)13-11-7-5-6-8-12(11)14;/h5-8H,3-4,9H2,1-2H3;1H. The highest BCUT2D eigenvalue weighted by Gasteiger charge is 2.04. The molecule has 1 aromatic carbocycles. The van der Waals surface area contributed by atoms with Crippen LogP contribution in [0.5, 0.6) is 0 Å². The molecule has 0 atom stereocenters. The molecule has 2 aromatic rings. The zero-order chi connectivity index (χ0) is 9.97. The zero-order valence-corrected chi connectivity index (χ0v) is 10.9. The summed E-state index contributed by atoms with van der Waals surface area (Å²) >= 11 is 0. The van der Waals surface area contributed by atoms with Gasteiger partial charge in [0.2, 0.25) is 0 Å². The Hall–Kier alpha value is -0.830. The van der Waals surface area contributed by atoms with Gasteiger partial charge in [-0.1, -0.05) is 25.5 Å². The van der Waals surface area contributed by atoms with Gasteiger partial charge >= 0.3 is 0 Å². The van der Waals surface area contributed by atoms with Crippen LogP contribution >= 0.6 is 17.0 Å². The third-order valence-electron chi connectivity index (χ3n) is 2.58. The van der Waals surface area contributed by atoms with Crippen LogP contribution in [0.1, 0.15) is 25.6 Å². The molecule has 1 aromatic heterocycles. The van der Waals surface area contributed by atoms with E-state index in [0.29, 0.717) is 0 Å². The average Bonchev–Trinajstić information content (AvgIpc) is 2.51. The maximum Gasteiger partial charge on any atom is 0.106 e. The summed E-state index contributed by atoms with van der Waals surface area (Å²) in [5, 5.41) is 0. The van der Waals surface area contributed by atoms with Crippen molar-refractivity contribution in [3.63, 3.8) is 0 Å². The number of fused-ring (bicyclic) bond motifs is 1. The Kier molecular flexibility index (Phi) is 4.33. The molecule has 1 heterocycles. The molecule has 82 valence electrons. The SMILES string of the molecule is Br.CCCCn1c(C)nc2ccccc21. The zero-order valence-electron chi connectivity index (χ0n) is 9.23. The van der Waals surface area contributed by atoms with Crippen molar-refractivity contribution in [1.29, 1.82) is 0 Å². The topological polar surface area (TPSA) is 17.8 Å². The van der Waals surface area contributed by atoms with Gasteiger partial charge in [-0.25, -0.2) is 4.98 Å². The molecule has 0 unspecified atom stereocenters. The van der Waals surface area contributed by atoms with Gasteiger partial charge in [0.1, 0.15) is 5.82 Å². The van der Waals surface area contributed by atoms with Gasteiger partial charge in [0.15, 0.2) is 0 Å². The Labute approximate surface area is 101 Å². The number of nitrogens with zero attached hydrogens (tertiary/aromatic N) is 2. The summed E-state index contributed by atoms with van der Waals surface area (Å²) in [6.07, 6.45) is 2.45. The number of halogens is 1. The predicted octanol–water partition coefficient (Wildman–Crippen LogP) is 3.72.